The third-order valence-electron chi connectivity index (χ3n) is 4.99. The minimum Gasteiger partial charge on any atom is -0.303 e. The molecule has 2 rings (SSSR count). The molecule has 1 saturated carbocycles. The number of hydrogen-bond donors (Lipinski definition) is 0. The van der Waals surface area contributed by atoms with Gasteiger partial charge in [0.05, 0.1) is 0 Å². The fraction of sp³-hybridized carbons (Fsp3) is 1.00. The van der Waals surface area contributed by atoms with Crippen LogP contribution >= 0.6 is 0 Å². The molecule has 0 atom stereocenters. The summed E-state index contributed by atoms with van der Waals surface area (Å²) in [6.45, 7) is 7.61. The Balaban J connectivity index is 1.68. The molecule has 0 aromatic carbocycles. The molecule has 0 amide bonds. The van der Waals surface area contributed by atoms with E-state index in [-0.39, 0.29) is 0 Å². The molecule has 106 valence electrons. The maximum atomic E-state index is 2.68. The van der Waals surface area contributed by atoms with Gasteiger partial charge in [0.25, 0.3) is 0 Å². The third kappa shape index (κ3) is 4.24. The second-order valence-electron chi connectivity index (χ2n) is 6.52. The minimum absolute atomic E-state index is 0.861. The quantitative estimate of drug-likeness (QED) is 0.740. The summed E-state index contributed by atoms with van der Waals surface area (Å²) < 4.78 is 0. The first-order valence-corrected chi connectivity index (χ1v) is 8.22. The van der Waals surface area contributed by atoms with Gasteiger partial charge in [0.2, 0.25) is 0 Å². The van der Waals surface area contributed by atoms with Gasteiger partial charge in [0, 0.05) is 12.6 Å². The van der Waals surface area contributed by atoms with E-state index in [2.05, 4.69) is 23.8 Å². The molecular weight excluding hydrogens is 220 g/mol. The van der Waals surface area contributed by atoms with Crippen molar-refractivity contribution in [2.75, 3.05) is 33.2 Å². The van der Waals surface area contributed by atoms with Gasteiger partial charge in [-0.1, -0.05) is 26.2 Å². The van der Waals surface area contributed by atoms with Gasteiger partial charge in [-0.15, -0.1) is 0 Å². The number of nitrogens with zero attached hydrogens (tertiary/aromatic N) is 2. The van der Waals surface area contributed by atoms with Crippen molar-refractivity contribution in [2.45, 2.75) is 64.3 Å². The highest BCUT2D eigenvalue weighted by Crippen LogP contribution is 2.26. The summed E-state index contributed by atoms with van der Waals surface area (Å²) in [4.78, 5) is 5.32. The molecule has 0 aromatic rings. The van der Waals surface area contributed by atoms with Crippen molar-refractivity contribution in [2.24, 2.45) is 5.92 Å². The number of hydrogen-bond acceptors (Lipinski definition) is 2. The Morgan fingerprint density at radius 3 is 2.28 bits per heavy atom. The maximum absolute atomic E-state index is 2.68. The van der Waals surface area contributed by atoms with Crippen LogP contribution in [-0.2, 0) is 0 Å². The van der Waals surface area contributed by atoms with Crippen LogP contribution in [0.15, 0.2) is 0 Å². The molecule has 2 nitrogen and oxygen atoms in total. The molecule has 0 N–H and O–H groups in total. The molecule has 2 aliphatic rings. The van der Waals surface area contributed by atoms with E-state index in [1.54, 1.807) is 0 Å². The molecule has 0 radical (unpaired) electrons. The lowest BCUT2D eigenvalue weighted by atomic mass is 9.88. The average Bonchev–Trinajstić information content (AvgIpc) is 2.41. The van der Waals surface area contributed by atoms with Crippen molar-refractivity contribution in [3.05, 3.63) is 0 Å². The molecule has 18 heavy (non-hydrogen) atoms. The van der Waals surface area contributed by atoms with Gasteiger partial charge in [-0.25, -0.2) is 0 Å². The normalized spacial score (nSPS) is 24.8. The Bertz CT molecular complexity index is 215. The molecule has 1 aliphatic heterocycles. The number of piperidine rings is 1. The van der Waals surface area contributed by atoms with Crippen molar-refractivity contribution in [1.82, 2.24) is 9.80 Å². The summed E-state index contributed by atoms with van der Waals surface area (Å²) in [5.74, 6) is 0.998. The first kappa shape index (κ1) is 14.3. The lowest BCUT2D eigenvalue weighted by molar-refractivity contribution is 0.108. The van der Waals surface area contributed by atoms with Gasteiger partial charge in [-0.05, 0) is 64.7 Å². The Kier molecular flexibility index (Phi) is 5.97. The number of likely N-dealkylation sites (tertiary alicyclic amines) is 1. The highest BCUT2D eigenvalue weighted by Gasteiger charge is 2.24. The Morgan fingerprint density at radius 1 is 1.00 bits per heavy atom. The maximum Gasteiger partial charge on any atom is 0.0117 e. The zero-order chi connectivity index (χ0) is 12.8. The minimum atomic E-state index is 0.861. The Hall–Kier alpha value is -0.0800. The van der Waals surface area contributed by atoms with Crippen LogP contribution in [0.25, 0.3) is 0 Å². The van der Waals surface area contributed by atoms with Crippen LogP contribution in [0.1, 0.15) is 58.3 Å². The van der Waals surface area contributed by atoms with E-state index in [0.717, 1.165) is 12.0 Å². The summed E-state index contributed by atoms with van der Waals surface area (Å²) in [5, 5.41) is 0. The van der Waals surface area contributed by atoms with Crippen molar-refractivity contribution in [1.29, 1.82) is 0 Å². The van der Waals surface area contributed by atoms with Crippen molar-refractivity contribution in [3.63, 3.8) is 0 Å². The smallest absolute Gasteiger partial charge is 0.0117 e. The largest absolute Gasteiger partial charge is 0.303 e. The van der Waals surface area contributed by atoms with E-state index in [1.807, 2.05) is 0 Å². The van der Waals surface area contributed by atoms with Gasteiger partial charge in [-0.3, -0.25) is 0 Å². The van der Waals surface area contributed by atoms with Gasteiger partial charge in [-0.2, -0.15) is 0 Å². The topological polar surface area (TPSA) is 6.48 Å². The first-order valence-electron chi connectivity index (χ1n) is 8.22. The summed E-state index contributed by atoms with van der Waals surface area (Å²) in [7, 11) is 2.37. The van der Waals surface area contributed by atoms with E-state index in [4.69, 9.17) is 0 Å². The van der Waals surface area contributed by atoms with Gasteiger partial charge < -0.3 is 9.80 Å². The number of rotatable bonds is 5. The standard InChI is InChI=1S/C16H32N2/c1-3-11-18-12-9-16(10-13-18)17(2)14-15-7-5-4-6-8-15/h15-16H,3-14H2,1-2H3. The van der Waals surface area contributed by atoms with Crippen LogP contribution in [0.3, 0.4) is 0 Å². The molecule has 1 heterocycles. The SMILES string of the molecule is CCCN1CCC(N(C)CC2CCCCC2)CC1. The predicted octanol–water partition coefficient (Wildman–Crippen LogP) is 3.37. The van der Waals surface area contributed by atoms with Crippen LogP contribution in [0.4, 0.5) is 0 Å². The van der Waals surface area contributed by atoms with Crippen molar-refractivity contribution in [3.8, 4) is 0 Å². The Morgan fingerprint density at radius 2 is 1.67 bits per heavy atom. The molecule has 0 bridgehead atoms. The van der Waals surface area contributed by atoms with E-state index in [9.17, 15) is 0 Å². The fourth-order valence-corrected chi connectivity index (χ4v) is 3.83. The highest BCUT2D eigenvalue weighted by molar-refractivity contribution is 4.80. The van der Waals surface area contributed by atoms with E-state index in [1.165, 1.54) is 77.5 Å². The van der Waals surface area contributed by atoms with Crippen molar-refractivity contribution >= 4 is 0 Å². The Labute approximate surface area is 114 Å². The second-order valence-corrected chi connectivity index (χ2v) is 6.52. The van der Waals surface area contributed by atoms with E-state index < -0.39 is 0 Å². The van der Waals surface area contributed by atoms with Gasteiger partial charge in [0.1, 0.15) is 0 Å². The molecular formula is C16H32N2. The van der Waals surface area contributed by atoms with E-state index >= 15 is 0 Å². The fourth-order valence-electron chi connectivity index (χ4n) is 3.83. The van der Waals surface area contributed by atoms with Crippen LogP contribution in [0.2, 0.25) is 0 Å². The molecule has 1 aliphatic carbocycles. The molecule has 0 unspecified atom stereocenters. The highest BCUT2D eigenvalue weighted by atomic mass is 15.2. The van der Waals surface area contributed by atoms with E-state index in [0.29, 0.717) is 0 Å². The molecule has 2 fully saturated rings. The zero-order valence-corrected chi connectivity index (χ0v) is 12.5. The average molecular weight is 252 g/mol. The summed E-state index contributed by atoms with van der Waals surface area (Å²) in [6, 6.07) is 0.861. The zero-order valence-electron chi connectivity index (χ0n) is 12.5. The van der Waals surface area contributed by atoms with Crippen molar-refractivity contribution < 1.29 is 0 Å². The van der Waals surface area contributed by atoms with Crippen LogP contribution < -0.4 is 0 Å². The first-order chi connectivity index (χ1) is 8.79. The van der Waals surface area contributed by atoms with Gasteiger partial charge in [0.15, 0.2) is 0 Å². The second kappa shape index (κ2) is 7.49. The van der Waals surface area contributed by atoms with Crippen LogP contribution in [-0.4, -0.2) is 49.1 Å². The third-order valence-corrected chi connectivity index (χ3v) is 4.99. The summed E-state index contributed by atoms with van der Waals surface area (Å²) in [6.07, 6.45) is 11.5. The lowest BCUT2D eigenvalue weighted by Gasteiger charge is -2.38. The molecule has 1 saturated heterocycles. The molecule has 0 spiro atoms. The summed E-state index contributed by atoms with van der Waals surface area (Å²) >= 11 is 0. The lowest BCUT2D eigenvalue weighted by Crippen LogP contribution is -2.45. The molecule has 2 heteroatoms. The molecule has 0 aromatic heterocycles. The summed E-state index contributed by atoms with van der Waals surface area (Å²) in [5.41, 5.74) is 0. The predicted molar refractivity (Wildman–Crippen MR) is 79.0 cm³/mol. The van der Waals surface area contributed by atoms with Crippen LogP contribution in [0, 0.1) is 5.92 Å². The van der Waals surface area contributed by atoms with Gasteiger partial charge >= 0.3 is 0 Å². The van der Waals surface area contributed by atoms with Crippen LogP contribution in [0.5, 0.6) is 0 Å². The monoisotopic (exact) mass is 252 g/mol.